The van der Waals surface area contributed by atoms with Crippen LogP contribution in [0.5, 0.6) is 0 Å². The lowest BCUT2D eigenvalue weighted by Crippen LogP contribution is -2.39. The molecular formula is C15H23F3N2. The van der Waals surface area contributed by atoms with Gasteiger partial charge in [-0.2, -0.15) is 13.2 Å². The fourth-order valence-corrected chi connectivity index (χ4v) is 2.30. The van der Waals surface area contributed by atoms with Gasteiger partial charge in [-0.1, -0.05) is 30.7 Å². The molecule has 0 aliphatic heterocycles. The summed E-state index contributed by atoms with van der Waals surface area (Å²) in [5, 5.41) is 3.13. The van der Waals surface area contributed by atoms with Crippen LogP contribution in [0.3, 0.4) is 0 Å². The normalized spacial score (nSPS) is 13.8. The molecule has 1 aromatic carbocycles. The van der Waals surface area contributed by atoms with E-state index in [9.17, 15) is 13.2 Å². The first kappa shape index (κ1) is 17.0. The van der Waals surface area contributed by atoms with Crippen LogP contribution in [-0.4, -0.2) is 37.8 Å². The molecule has 0 radical (unpaired) electrons. The molecule has 2 nitrogen and oxygen atoms in total. The fourth-order valence-electron chi connectivity index (χ4n) is 2.30. The fraction of sp³-hybridized carbons (Fsp3) is 0.600. The predicted octanol–water partition coefficient (Wildman–Crippen LogP) is 3.45. The highest BCUT2D eigenvalue weighted by Gasteiger charge is 2.31. The highest BCUT2D eigenvalue weighted by molar-refractivity contribution is 5.33. The molecule has 0 amide bonds. The van der Waals surface area contributed by atoms with Crippen molar-refractivity contribution in [2.75, 3.05) is 26.7 Å². The lowest BCUT2D eigenvalue weighted by Gasteiger charge is -2.28. The van der Waals surface area contributed by atoms with E-state index in [0.29, 0.717) is 13.1 Å². The highest BCUT2D eigenvalue weighted by atomic mass is 19.4. The average Bonchev–Trinajstić information content (AvgIpc) is 2.36. The first-order chi connectivity index (χ1) is 9.26. The third-order valence-electron chi connectivity index (χ3n) is 3.45. The zero-order chi connectivity index (χ0) is 15.3. The van der Waals surface area contributed by atoms with Gasteiger partial charge in [0.15, 0.2) is 0 Å². The number of nitrogens with one attached hydrogen (secondary N) is 1. The van der Waals surface area contributed by atoms with Gasteiger partial charge in [-0.25, -0.2) is 0 Å². The molecule has 0 fully saturated rings. The van der Waals surface area contributed by atoms with Crippen molar-refractivity contribution in [2.24, 2.45) is 0 Å². The van der Waals surface area contributed by atoms with E-state index < -0.39 is 12.7 Å². The summed E-state index contributed by atoms with van der Waals surface area (Å²) in [4.78, 5) is 1.42. The molecule has 20 heavy (non-hydrogen) atoms. The quantitative estimate of drug-likeness (QED) is 0.862. The number of benzene rings is 1. The molecule has 0 spiro atoms. The van der Waals surface area contributed by atoms with Gasteiger partial charge >= 0.3 is 6.18 Å². The van der Waals surface area contributed by atoms with E-state index >= 15 is 0 Å². The Balaban J connectivity index is 2.87. The lowest BCUT2D eigenvalue weighted by molar-refractivity contribution is -0.146. The summed E-state index contributed by atoms with van der Waals surface area (Å²) in [7, 11) is 1.79. The third-order valence-corrected chi connectivity index (χ3v) is 3.45. The van der Waals surface area contributed by atoms with Crippen molar-refractivity contribution in [3.05, 3.63) is 34.9 Å². The maximum atomic E-state index is 12.5. The number of likely N-dealkylation sites (N-methyl/N-ethyl adjacent to an activating group) is 2. The zero-order valence-electron chi connectivity index (χ0n) is 12.5. The number of aryl methyl sites for hydroxylation is 2. The second kappa shape index (κ2) is 7.09. The van der Waals surface area contributed by atoms with Crippen molar-refractivity contribution in [3.63, 3.8) is 0 Å². The molecule has 0 saturated carbocycles. The molecule has 0 aliphatic carbocycles. The predicted molar refractivity (Wildman–Crippen MR) is 75.9 cm³/mol. The van der Waals surface area contributed by atoms with Crippen LogP contribution < -0.4 is 5.32 Å². The Kier molecular flexibility index (Phi) is 6.02. The Bertz CT molecular complexity index is 430. The molecule has 0 saturated heterocycles. The molecule has 1 atom stereocenters. The minimum absolute atomic E-state index is 0.0998. The van der Waals surface area contributed by atoms with E-state index in [1.807, 2.05) is 32.0 Å². The number of alkyl halides is 3. The van der Waals surface area contributed by atoms with Gasteiger partial charge in [0.25, 0.3) is 0 Å². The van der Waals surface area contributed by atoms with Gasteiger partial charge in [-0.15, -0.1) is 0 Å². The SMILES string of the molecule is CCN(CC(NC)c1cc(C)ccc1C)CC(F)(F)F. The summed E-state index contributed by atoms with van der Waals surface area (Å²) in [5.41, 5.74) is 3.27. The monoisotopic (exact) mass is 288 g/mol. The largest absolute Gasteiger partial charge is 0.401 e. The number of hydrogen-bond donors (Lipinski definition) is 1. The summed E-state index contributed by atoms with van der Waals surface area (Å²) in [5.74, 6) is 0. The van der Waals surface area contributed by atoms with Crippen molar-refractivity contribution in [1.82, 2.24) is 10.2 Å². The van der Waals surface area contributed by atoms with Crippen LogP contribution in [0.2, 0.25) is 0 Å². The zero-order valence-corrected chi connectivity index (χ0v) is 12.5. The number of nitrogens with zero attached hydrogens (tertiary/aromatic N) is 1. The van der Waals surface area contributed by atoms with Gasteiger partial charge < -0.3 is 5.32 Å². The second-order valence-electron chi connectivity index (χ2n) is 5.14. The van der Waals surface area contributed by atoms with Gasteiger partial charge in [0.2, 0.25) is 0 Å². The summed E-state index contributed by atoms with van der Waals surface area (Å²) in [6.07, 6.45) is -4.16. The smallest absolute Gasteiger partial charge is 0.312 e. The molecular weight excluding hydrogens is 265 g/mol. The van der Waals surface area contributed by atoms with Gasteiger partial charge in [0.1, 0.15) is 0 Å². The Morgan fingerprint density at radius 1 is 1.25 bits per heavy atom. The first-order valence-corrected chi connectivity index (χ1v) is 6.80. The first-order valence-electron chi connectivity index (χ1n) is 6.80. The van der Waals surface area contributed by atoms with E-state index in [0.717, 1.165) is 16.7 Å². The maximum absolute atomic E-state index is 12.5. The van der Waals surface area contributed by atoms with Crippen molar-refractivity contribution >= 4 is 0 Å². The van der Waals surface area contributed by atoms with Crippen molar-refractivity contribution in [3.8, 4) is 0 Å². The Hall–Kier alpha value is -1.07. The molecule has 0 heterocycles. The molecule has 1 rings (SSSR count). The van der Waals surface area contributed by atoms with E-state index in [1.54, 1.807) is 14.0 Å². The minimum atomic E-state index is -4.16. The molecule has 1 aromatic rings. The standard InChI is InChI=1S/C15H23F3N2/c1-5-20(10-15(16,17)18)9-14(19-4)13-8-11(2)6-7-12(13)3/h6-8,14,19H,5,9-10H2,1-4H3. The number of halogens is 3. The van der Waals surface area contributed by atoms with Crippen LogP contribution in [-0.2, 0) is 0 Å². The van der Waals surface area contributed by atoms with E-state index in [2.05, 4.69) is 5.32 Å². The minimum Gasteiger partial charge on any atom is -0.312 e. The number of hydrogen-bond acceptors (Lipinski definition) is 2. The third kappa shape index (κ3) is 5.13. The molecule has 1 unspecified atom stereocenters. The highest BCUT2D eigenvalue weighted by Crippen LogP contribution is 2.22. The van der Waals surface area contributed by atoms with Crippen LogP contribution in [0, 0.1) is 13.8 Å². The molecule has 114 valence electrons. The van der Waals surface area contributed by atoms with Crippen LogP contribution in [0.15, 0.2) is 18.2 Å². The van der Waals surface area contributed by atoms with Gasteiger partial charge in [-0.3, -0.25) is 4.90 Å². The van der Waals surface area contributed by atoms with Crippen molar-refractivity contribution in [2.45, 2.75) is 33.0 Å². The molecule has 0 aliphatic rings. The van der Waals surface area contributed by atoms with Gasteiger partial charge in [0.05, 0.1) is 6.54 Å². The van der Waals surface area contributed by atoms with Crippen molar-refractivity contribution in [1.29, 1.82) is 0 Å². The van der Waals surface area contributed by atoms with Gasteiger partial charge in [-0.05, 0) is 38.6 Å². The summed E-state index contributed by atoms with van der Waals surface area (Å²) >= 11 is 0. The van der Waals surface area contributed by atoms with Crippen molar-refractivity contribution < 1.29 is 13.2 Å². The number of rotatable bonds is 6. The Labute approximate surface area is 119 Å². The Morgan fingerprint density at radius 3 is 2.40 bits per heavy atom. The average molecular weight is 288 g/mol. The summed E-state index contributed by atoms with van der Waals surface area (Å²) in [6, 6.07) is 5.96. The summed E-state index contributed by atoms with van der Waals surface area (Å²) < 4.78 is 37.6. The topological polar surface area (TPSA) is 15.3 Å². The van der Waals surface area contributed by atoms with E-state index in [4.69, 9.17) is 0 Å². The van der Waals surface area contributed by atoms with Crippen LogP contribution in [0.25, 0.3) is 0 Å². The van der Waals surface area contributed by atoms with E-state index in [1.165, 1.54) is 4.90 Å². The lowest BCUT2D eigenvalue weighted by atomic mass is 9.98. The van der Waals surface area contributed by atoms with Crippen LogP contribution >= 0.6 is 0 Å². The molecule has 1 N–H and O–H groups in total. The molecule has 5 heteroatoms. The molecule has 0 aromatic heterocycles. The molecule has 0 bridgehead atoms. The summed E-state index contributed by atoms with van der Waals surface area (Å²) in [6.45, 7) is 5.58. The van der Waals surface area contributed by atoms with Crippen LogP contribution in [0.1, 0.15) is 29.7 Å². The Morgan fingerprint density at radius 2 is 1.90 bits per heavy atom. The van der Waals surface area contributed by atoms with Gasteiger partial charge in [0, 0.05) is 12.6 Å². The van der Waals surface area contributed by atoms with Crippen LogP contribution in [0.4, 0.5) is 13.2 Å². The maximum Gasteiger partial charge on any atom is 0.401 e. The second-order valence-corrected chi connectivity index (χ2v) is 5.14. The van der Waals surface area contributed by atoms with E-state index in [-0.39, 0.29) is 6.04 Å².